The average molecular weight is 324 g/mol. The maximum atomic E-state index is 11.8. The molecule has 4 nitrogen and oxygen atoms in total. The van der Waals surface area contributed by atoms with Crippen LogP contribution in [-0.4, -0.2) is 36.6 Å². The molecule has 0 bridgehead atoms. The Kier molecular flexibility index (Phi) is 6.52. The van der Waals surface area contributed by atoms with Gasteiger partial charge in [0.05, 0.1) is 0 Å². The zero-order chi connectivity index (χ0) is 15.9. The summed E-state index contributed by atoms with van der Waals surface area (Å²) in [6, 6.07) is 6.03. The van der Waals surface area contributed by atoms with Gasteiger partial charge in [-0.1, -0.05) is 24.1 Å². The van der Waals surface area contributed by atoms with Gasteiger partial charge in [-0.3, -0.25) is 0 Å². The number of urea groups is 1. The highest BCUT2D eigenvalue weighted by molar-refractivity contribution is 6.31. The van der Waals surface area contributed by atoms with Crippen LogP contribution in [-0.2, 0) is 0 Å². The van der Waals surface area contributed by atoms with E-state index in [1.807, 2.05) is 19.1 Å². The van der Waals surface area contributed by atoms with Crippen LogP contribution in [0, 0.1) is 6.92 Å². The molecule has 0 spiro atoms. The Morgan fingerprint density at radius 2 is 2.23 bits per heavy atom. The first-order valence-corrected chi connectivity index (χ1v) is 8.49. The number of benzene rings is 1. The molecule has 0 saturated carbocycles. The third-order valence-corrected chi connectivity index (χ3v) is 4.69. The number of hydrogen-bond donors (Lipinski definition) is 2. The Hall–Kier alpha value is -1.26. The minimum atomic E-state index is -0.174. The molecule has 2 N–H and O–H groups in total. The quantitative estimate of drug-likeness (QED) is 0.803. The largest absolute Gasteiger partial charge is 0.338 e. The number of anilines is 1. The van der Waals surface area contributed by atoms with Crippen LogP contribution in [0.2, 0.25) is 5.02 Å². The molecule has 22 heavy (non-hydrogen) atoms. The molecule has 1 aliphatic heterocycles. The van der Waals surface area contributed by atoms with Crippen molar-refractivity contribution in [3.8, 4) is 0 Å². The zero-order valence-corrected chi connectivity index (χ0v) is 14.2. The molecule has 1 atom stereocenters. The molecule has 1 saturated heterocycles. The summed E-state index contributed by atoms with van der Waals surface area (Å²) in [4.78, 5) is 14.4. The topological polar surface area (TPSA) is 44.4 Å². The first kappa shape index (κ1) is 17.1. The van der Waals surface area contributed by atoms with Gasteiger partial charge in [0.2, 0.25) is 0 Å². The van der Waals surface area contributed by atoms with Gasteiger partial charge in [-0.25, -0.2) is 4.79 Å². The number of rotatable bonds is 5. The number of carbonyl (C=O) groups is 1. The number of halogens is 1. The monoisotopic (exact) mass is 323 g/mol. The second kappa shape index (κ2) is 8.39. The van der Waals surface area contributed by atoms with Gasteiger partial charge in [0.1, 0.15) is 0 Å². The number of nitrogens with one attached hydrogen (secondary N) is 2. The van der Waals surface area contributed by atoms with E-state index in [9.17, 15) is 4.79 Å². The van der Waals surface area contributed by atoms with Crippen molar-refractivity contribution in [2.75, 3.05) is 25.0 Å². The molecule has 1 aromatic carbocycles. The maximum Gasteiger partial charge on any atom is 0.319 e. The summed E-state index contributed by atoms with van der Waals surface area (Å²) >= 11 is 6.05. The Bertz CT molecular complexity index is 507. The average Bonchev–Trinajstić information content (AvgIpc) is 2.49. The molecule has 1 aliphatic rings. The molecule has 1 unspecified atom stereocenters. The Morgan fingerprint density at radius 3 is 2.95 bits per heavy atom. The second-order valence-electron chi connectivity index (χ2n) is 6.08. The van der Waals surface area contributed by atoms with E-state index in [1.54, 1.807) is 6.07 Å². The van der Waals surface area contributed by atoms with E-state index in [-0.39, 0.29) is 6.03 Å². The standard InChI is InChI=1S/C17H26ClN3O/c1-13-7-8-15(12-16(13)18)20-17(22)19-9-5-11-21-10-4-3-6-14(21)2/h7-8,12,14H,3-6,9-11H2,1-2H3,(H2,19,20,22). The van der Waals surface area contributed by atoms with Gasteiger partial charge in [-0.2, -0.15) is 0 Å². The van der Waals surface area contributed by atoms with Crippen molar-refractivity contribution in [3.05, 3.63) is 28.8 Å². The van der Waals surface area contributed by atoms with Gasteiger partial charge < -0.3 is 15.5 Å². The number of piperidine rings is 1. The van der Waals surface area contributed by atoms with Gasteiger partial charge in [0, 0.05) is 29.8 Å². The van der Waals surface area contributed by atoms with Crippen molar-refractivity contribution in [2.45, 2.75) is 45.6 Å². The van der Waals surface area contributed by atoms with Crippen LogP contribution < -0.4 is 10.6 Å². The van der Waals surface area contributed by atoms with Crippen molar-refractivity contribution in [1.29, 1.82) is 0 Å². The fraction of sp³-hybridized carbons (Fsp3) is 0.588. The van der Waals surface area contributed by atoms with Crippen LogP contribution in [0.5, 0.6) is 0 Å². The number of hydrogen-bond acceptors (Lipinski definition) is 2. The summed E-state index contributed by atoms with van der Waals surface area (Å²) < 4.78 is 0. The van der Waals surface area contributed by atoms with E-state index in [2.05, 4.69) is 22.5 Å². The van der Waals surface area contributed by atoms with Gasteiger partial charge in [0.25, 0.3) is 0 Å². The Morgan fingerprint density at radius 1 is 1.41 bits per heavy atom. The lowest BCUT2D eigenvalue weighted by Crippen LogP contribution is -2.39. The molecule has 2 rings (SSSR count). The smallest absolute Gasteiger partial charge is 0.319 e. The molecular weight excluding hydrogens is 298 g/mol. The van der Waals surface area contributed by atoms with Crippen molar-refractivity contribution in [3.63, 3.8) is 0 Å². The lowest BCUT2D eigenvalue weighted by Gasteiger charge is -2.33. The van der Waals surface area contributed by atoms with E-state index >= 15 is 0 Å². The van der Waals surface area contributed by atoms with Crippen LogP contribution in [0.15, 0.2) is 18.2 Å². The van der Waals surface area contributed by atoms with E-state index in [0.717, 1.165) is 24.2 Å². The van der Waals surface area contributed by atoms with E-state index < -0.39 is 0 Å². The van der Waals surface area contributed by atoms with Gasteiger partial charge >= 0.3 is 6.03 Å². The van der Waals surface area contributed by atoms with Crippen LogP contribution in [0.25, 0.3) is 0 Å². The number of amides is 2. The molecule has 0 aromatic heterocycles. The minimum Gasteiger partial charge on any atom is -0.338 e. The van der Waals surface area contributed by atoms with Gasteiger partial charge in [-0.05, 0) is 57.4 Å². The van der Waals surface area contributed by atoms with E-state index in [1.165, 1.54) is 25.8 Å². The van der Waals surface area contributed by atoms with Crippen molar-refractivity contribution < 1.29 is 4.79 Å². The van der Waals surface area contributed by atoms with Crippen molar-refractivity contribution in [2.24, 2.45) is 0 Å². The van der Waals surface area contributed by atoms with Crippen LogP contribution in [0.1, 0.15) is 38.2 Å². The van der Waals surface area contributed by atoms with Crippen LogP contribution in [0.4, 0.5) is 10.5 Å². The predicted octanol–water partition coefficient (Wildman–Crippen LogP) is 4.03. The summed E-state index contributed by atoms with van der Waals surface area (Å²) in [7, 11) is 0. The molecule has 2 amide bonds. The molecule has 1 heterocycles. The zero-order valence-electron chi connectivity index (χ0n) is 13.5. The fourth-order valence-corrected chi connectivity index (χ4v) is 3.00. The van der Waals surface area contributed by atoms with Gasteiger partial charge in [0.15, 0.2) is 0 Å². The number of likely N-dealkylation sites (tertiary alicyclic amines) is 1. The molecule has 5 heteroatoms. The lowest BCUT2D eigenvalue weighted by molar-refractivity contribution is 0.159. The molecule has 1 fully saturated rings. The highest BCUT2D eigenvalue weighted by atomic mass is 35.5. The summed E-state index contributed by atoms with van der Waals surface area (Å²) in [6.07, 6.45) is 4.92. The minimum absolute atomic E-state index is 0.174. The second-order valence-corrected chi connectivity index (χ2v) is 6.49. The summed E-state index contributed by atoms with van der Waals surface area (Å²) in [5.41, 5.74) is 1.72. The molecule has 0 aliphatic carbocycles. The Balaban J connectivity index is 1.66. The summed E-state index contributed by atoms with van der Waals surface area (Å²) in [6.45, 7) is 7.16. The highest BCUT2D eigenvalue weighted by Gasteiger charge is 2.17. The maximum absolute atomic E-state index is 11.8. The fourth-order valence-electron chi connectivity index (χ4n) is 2.82. The molecular formula is C17H26ClN3O. The lowest BCUT2D eigenvalue weighted by atomic mass is 10.0. The summed E-state index contributed by atoms with van der Waals surface area (Å²) in [5.74, 6) is 0. The molecule has 122 valence electrons. The SMILES string of the molecule is Cc1ccc(NC(=O)NCCCN2CCCCC2C)cc1Cl. The number of nitrogens with zero attached hydrogens (tertiary/aromatic N) is 1. The van der Waals surface area contributed by atoms with Gasteiger partial charge in [-0.15, -0.1) is 0 Å². The van der Waals surface area contributed by atoms with Crippen molar-refractivity contribution >= 4 is 23.3 Å². The first-order chi connectivity index (χ1) is 10.6. The number of carbonyl (C=O) groups excluding carboxylic acids is 1. The first-order valence-electron chi connectivity index (χ1n) is 8.11. The Labute approximate surface area is 138 Å². The van der Waals surface area contributed by atoms with E-state index in [0.29, 0.717) is 17.6 Å². The predicted molar refractivity (Wildman–Crippen MR) is 92.7 cm³/mol. The van der Waals surface area contributed by atoms with Crippen LogP contribution >= 0.6 is 11.6 Å². The van der Waals surface area contributed by atoms with Crippen LogP contribution in [0.3, 0.4) is 0 Å². The normalized spacial score (nSPS) is 19.0. The van der Waals surface area contributed by atoms with Crippen molar-refractivity contribution in [1.82, 2.24) is 10.2 Å². The third kappa shape index (κ3) is 5.18. The highest BCUT2D eigenvalue weighted by Crippen LogP contribution is 2.19. The molecule has 0 radical (unpaired) electrons. The summed E-state index contributed by atoms with van der Waals surface area (Å²) in [5, 5.41) is 6.37. The molecule has 1 aromatic rings. The van der Waals surface area contributed by atoms with E-state index in [4.69, 9.17) is 11.6 Å². The third-order valence-electron chi connectivity index (χ3n) is 4.28. The number of aryl methyl sites for hydroxylation is 1.